The fraction of sp³-hybridized carbons (Fsp3) is 0.214. The van der Waals surface area contributed by atoms with E-state index in [1.54, 1.807) is 18.4 Å². The first-order valence-corrected chi connectivity index (χ1v) is 12.9. The molecular formula is C28H27N5O2S. The molecule has 0 N–H and O–H groups in total. The fourth-order valence-electron chi connectivity index (χ4n) is 4.91. The quantitative estimate of drug-likeness (QED) is 0.341. The Kier molecular flexibility index (Phi) is 5.73. The maximum Gasteiger partial charge on any atom is 0.270 e. The molecular weight excluding hydrogens is 470 g/mol. The average Bonchev–Trinajstić information content (AvgIpc) is 3.67. The maximum atomic E-state index is 13.7. The molecule has 1 fully saturated rings. The summed E-state index contributed by atoms with van der Waals surface area (Å²) >= 11 is 1.66. The van der Waals surface area contributed by atoms with Gasteiger partial charge in [-0.3, -0.25) is 4.79 Å². The second-order valence-electron chi connectivity index (χ2n) is 8.88. The first kappa shape index (κ1) is 22.4. The van der Waals surface area contributed by atoms with Crippen molar-refractivity contribution < 1.29 is 9.53 Å². The molecule has 1 aliphatic heterocycles. The minimum Gasteiger partial charge on any atom is -0.497 e. The van der Waals surface area contributed by atoms with Crippen molar-refractivity contribution in [3.05, 3.63) is 83.9 Å². The van der Waals surface area contributed by atoms with Crippen molar-refractivity contribution in [3.8, 4) is 22.0 Å². The number of piperazine rings is 1. The highest BCUT2D eigenvalue weighted by Crippen LogP contribution is 2.34. The standard InChI is InChI=1S/C28H27N5O2S/c1-30-24(28(34)32-15-13-31(14-16-32)21-10-6-11-22(18-21)35-2)19-23-26(25-12-7-17-36-25)29-33(27(23)30)20-8-4-3-5-9-20/h3-12,17-19H,13-16H2,1-2H3. The minimum absolute atomic E-state index is 0.0516. The molecule has 36 heavy (non-hydrogen) atoms. The van der Waals surface area contributed by atoms with E-state index in [0.29, 0.717) is 18.8 Å². The normalized spacial score (nSPS) is 13.9. The van der Waals surface area contributed by atoms with Gasteiger partial charge in [0, 0.05) is 50.4 Å². The van der Waals surface area contributed by atoms with Crippen LogP contribution in [0.3, 0.4) is 0 Å². The number of aryl methyl sites for hydroxylation is 1. The Balaban J connectivity index is 1.32. The van der Waals surface area contributed by atoms with Crippen LogP contribution >= 0.6 is 11.3 Å². The number of thiophene rings is 1. The number of benzene rings is 2. The molecule has 0 radical (unpaired) electrons. The average molecular weight is 498 g/mol. The lowest BCUT2D eigenvalue weighted by atomic mass is 10.2. The number of anilines is 1. The van der Waals surface area contributed by atoms with E-state index in [1.165, 1.54) is 0 Å². The van der Waals surface area contributed by atoms with Gasteiger partial charge in [0.25, 0.3) is 5.91 Å². The lowest BCUT2D eigenvalue weighted by molar-refractivity contribution is 0.0737. The van der Waals surface area contributed by atoms with Crippen LogP contribution in [-0.4, -0.2) is 58.4 Å². The van der Waals surface area contributed by atoms with Gasteiger partial charge in [0.1, 0.15) is 22.8 Å². The van der Waals surface area contributed by atoms with Gasteiger partial charge in [-0.1, -0.05) is 30.3 Å². The third kappa shape index (κ3) is 3.83. The number of ether oxygens (including phenoxy) is 1. The lowest BCUT2D eigenvalue weighted by Crippen LogP contribution is -2.49. The molecule has 7 nitrogen and oxygen atoms in total. The number of amides is 1. The van der Waals surface area contributed by atoms with Crippen LogP contribution in [-0.2, 0) is 7.05 Å². The van der Waals surface area contributed by atoms with Gasteiger partial charge in [-0.15, -0.1) is 11.3 Å². The van der Waals surface area contributed by atoms with Gasteiger partial charge in [0.05, 0.1) is 17.7 Å². The Morgan fingerprint density at radius 2 is 1.69 bits per heavy atom. The van der Waals surface area contributed by atoms with E-state index in [4.69, 9.17) is 9.84 Å². The number of aromatic nitrogens is 3. The molecule has 0 unspecified atom stereocenters. The van der Waals surface area contributed by atoms with E-state index in [2.05, 4.69) is 22.4 Å². The molecule has 1 aliphatic rings. The Morgan fingerprint density at radius 1 is 0.917 bits per heavy atom. The van der Waals surface area contributed by atoms with Crippen molar-refractivity contribution in [2.45, 2.75) is 0 Å². The van der Waals surface area contributed by atoms with E-state index in [1.807, 2.05) is 81.9 Å². The summed E-state index contributed by atoms with van der Waals surface area (Å²) in [4.78, 5) is 19.1. The molecule has 182 valence electrons. The van der Waals surface area contributed by atoms with Gasteiger partial charge in [-0.2, -0.15) is 5.10 Å². The Morgan fingerprint density at radius 3 is 2.42 bits per heavy atom. The van der Waals surface area contributed by atoms with Crippen LogP contribution in [0.15, 0.2) is 78.2 Å². The van der Waals surface area contributed by atoms with Gasteiger partial charge in [-0.05, 0) is 41.8 Å². The predicted octanol–water partition coefficient (Wildman–Crippen LogP) is 5.06. The number of carbonyl (C=O) groups excluding carboxylic acids is 1. The number of hydrogen-bond donors (Lipinski definition) is 0. The molecule has 2 aromatic carbocycles. The smallest absolute Gasteiger partial charge is 0.270 e. The van der Waals surface area contributed by atoms with E-state index < -0.39 is 0 Å². The highest BCUT2D eigenvalue weighted by atomic mass is 32.1. The van der Waals surface area contributed by atoms with Crippen LogP contribution in [0, 0.1) is 0 Å². The summed E-state index contributed by atoms with van der Waals surface area (Å²) < 4.78 is 9.31. The first-order valence-electron chi connectivity index (χ1n) is 12.0. The zero-order valence-corrected chi connectivity index (χ0v) is 21.1. The van der Waals surface area contributed by atoms with Crippen LogP contribution < -0.4 is 9.64 Å². The second-order valence-corrected chi connectivity index (χ2v) is 9.83. The summed E-state index contributed by atoms with van der Waals surface area (Å²) in [5.41, 5.74) is 4.59. The molecule has 0 aliphatic carbocycles. The predicted molar refractivity (Wildman–Crippen MR) is 144 cm³/mol. The van der Waals surface area contributed by atoms with Crippen molar-refractivity contribution in [1.82, 2.24) is 19.2 Å². The third-order valence-electron chi connectivity index (χ3n) is 6.82. The van der Waals surface area contributed by atoms with Crippen molar-refractivity contribution in [1.29, 1.82) is 0 Å². The minimum atomic E-state index is 0.0516. The zero-order valence-electron chi connectivity index (χ0n) is 20.3. The summed E-state index contributed by atoms with van der Waals surface area (Å²) in [6.07, 6.45) is 0. The van der Waals surface area contributed by atoms with Crippen molar-refractivity contribution >= 4 is 34.0 Å². The zero-order chi connectivity index (χ0) is 24.6. The molecule has 0 spiro atoms. The topological polar surface area (TPSA) is 55.5 Å². The molecule has 0 atom stereocenters. The van der Waals surface area contributed by atoms with Crippen molar-refractivity contribution in [3.63, 3.8) is 0 Å². The monoisotopic (exact) mass is 497 g/mol. The van der Waals surface area contributed by atoms with Crippen LogP contribution in [0.4, 0.5) is 5.69 Å². The summed E-state index contributed by atoms with van der Waals surface area (Å²) in [6.45, 7) is 2.89. The highest BCUT2D eigenvalue weighted by molar-refractivity contribution is 7.13. The summed E-state index contributed by atoms with van der Waals surface area (Å²) in [6, 6.07) is 24.3. The van der Waals surface area contributed by atoms with Crippen LogP contribution in [0.25, 0.3) is 27.3 Å². The van der Waals surface area contributed by atoms with Gasteiger partial charge in [-0.25, -0.2) is 4.68 Å². The number of hydrogen-bond acceptors (Lipinski definition) is 5. The van der Waals surface area contributed by atoms with Crippen LogP contribution in [0.2, 0.25) is 0 Å². The molecule has 0 bridgehead atoms. The van der Waals surface area contributed by atoms with E-state index >= 15 is 0 Å². The number of carbonyl (C=O) groups is 1. The molecule has 1 amide bonds. The molecule has 1 saturated heterocycles. The molecule has 5 aromatic rings. The molecule has 8 heteroatoms. The largest absolute Gasteiger partial charge is 0.497 e. The number of nitrogens with zero attached hydrogens (tertiary/aromatic N) is 5. The van der Waals surface area contributed by atoms with Crippen LogP contribution in [0.5, 0.6) is 5.75 Å². The van der Waals surface area contributed by atoms with E-state index in [9.17, 15) is 4.79 Å². The third-order valence-corrected chi connectivity index (χ3v) is 7.69. The first-order chi connectivity index (χ1) is 17.6. The fourth-order valence-corrected chi connectivity index (χ4v) is 5.63. The molecule has 6 rings (SSSR count). The highest BCUT2D eigenvalue weighted by Gasteiger charge is 2.28. The Bertz CT molecular complexity index is 1510. The number of methoxy groups -OCH3 is 1. The maximum absolute atomic E-state index is 13.7. The van der Waals surface area contributed by atoms with E-state index in [0.717, 1.165) is 51.8 Å². The molecule has 3 aromatic heterocycles. The Hall–Kier alpha value is -4.04. The van der Waals surface area contributed by atoms with Crippen molar-refractivity contribution in [2.24, 2.45) is 7.05 Å². The Labute approximate surface area is 213 Å². The summed E-state index contributed by atoms with van der Waals surface area (Å²) in [5, 5.41) is 8.00. The van der Waals surface area contributed by atoms with Gasteiger partial charge >= 0.3 is 0 Å². The van der Waals surface area contributed by atoms with Crippen molar-refractivity contribution in [2.75, 3.05) is 38.2 Å². The van der Waals surface area contributed by atoms with Gasteiger partial charge < -0.3 is 19.1 Å². The number of para-hydroxylation sites is 1. The lowest BCUT2D eigenvalue weighted by Gasteiger charge is -2.36. The number of rotatable bonds is 5. The second kappa shape index (κ2) is 9.20. The van der Waals surface area contributed by atoms with Crippen LogP contribution in [0.1, 0.15) is 10.5 Å². The summed E-state index contributed by atoms with van der Waals surface area (Å²) in [5.74, 6) is 0.895. The van der Waals surface area contributed by atoms with Gasteiger partial charge in [0.15, 0.2) is 0 Å². The molecule has 4 heterocycles. The summed E-state index contributed by atoms with van der Waals surface area (Å²) in [7, 11) is 3.64. The van der Waals surface area contributed by atoms with E-state index in [-0.39, 0.29) is 5.91 Å². The number of fused-ring (bicyclic) bond motifs is 1. The van der Waals surface area contributed by atoms with Gasteiger partial charge in [0.2, 0.25) is 0 Å². The SMILES string of the molecule is COc1cccc(N2CCN(C(=O)c3cc4c(-c5cccs5)nn(-c5ccccc5)c4n3C)CC2)c1. The molecule has 0 saturated carbocycles.